The minimum atomic E-state index is -1.03. The van der Waals surface area contributed by atoms with Crippen molar-refractivity contribution in [3.63, 3.8) is 0 Å². The Morgan fingerprint density at radius 3 is 2.88 bits per heavy atom. The lowest BCUT2D eigenvalue weighted by molar-refractivity contribution is 0.104. The number of hydrogen-bond acceptors (Lipinski definition) is 3. The van der Waals surface area contributed by atoms with Crippen molar-refractivity contribution in [1.82, 2.24) is 5.32 Å². The number of nitrogens with one attached hydrogen (secondary N) is 1. The molecule has 0 fully saturated rings. The topological polar surface area (TPSA) is 41.5 Å². The Kier molecular flexibility index (Phi) is 5.14. The molecule has 0 bridgehead atoms. The molecule has 0 saturated carbocycles. The fourth-order valence-electron chi connectivity index (χ4n) is 1.15. The fourth-order valence-corrected chi connectivity index (χ4v) is 1.15. The van der Waals surface area contributed by atoms with Crippen molar-refractivity contribution < 1.29 is 18.6 Å². The highest BCUT2D eigenvalue weighted by Crippen LogP contribution is 2.18. The van der Waals surface area contributed by atoms with Gasteiger partial charge < -0.3 is 15.2 Å². The molecule has 0 saturated heterocycles. The molecule has 0 radical (unpaired) electrons. The van der Waals surface area contributed by atoms with Gasteiger partial charge in [-0.1, -0.05) is 13.0 Å². The minimum Gasteiger partial charge on any atom is -0.488 e. The highest BCUT2D eigenvalue weighted by atomic mass is 19.2. The summed E-state index contributed by atoms with van der Waals surface area (Å²) < 4.78 is 30.9. The van der Waals surface area contributed by atoms with Gasteiger partial charge in [-0.3, -0.25) is 0 Å². The van der Waals surface area contributed by atoms with Crippen LogP contribution in [0, 0.1) is 11.6 Å². The lowest BCUT2D eigenvalue weighted by atomic mass is 10.3. The van der Waals surface area contributed by atoms with Gasteiger partial charge in [0.15, 0.2) is 11.6 Å². The van der Waals surface area contributed by atoms with Gasteiger partial charge in [0.2, 0.25) is 5.82 Å². The van der Waals surface area contributed by atoms with Gasteiger partial charge in [-0.15, -0.1) is 0 Å². The zero-order chi connectivity index (χ0) is 12.0. The van der Waals surface area contributed by atoms with Crippen LogP contribution in [0.1, 0.15) is 6.92 Å². The smallest absolute Gasteiger partial charge is 0.200 e. The average molecular weight is 231 g/mol. The van der Waals surface area contributed by atoms with E-state index in [-0.39, 0.29) is 12.4 Å². The van der Waals surface area contributed by atoms with Crippen LogP contribution in [-0.4, -0.2) is 30.9 Å². The molecule has 5 heteroatoms. The van der Waals surface area contributed by atoms with Crippen LogP contribution in [0.2, 0.25) is 0 Å². The van der Waals surface area contributed by atoms with Crippen molar-refractivity contribution in [2.75, 3.05) is 19.7 Å². The van der Waals surface area contributed by atoms with E-state index in [2.05, 4.69) is 5.32 Å². The molecule has 0 spiro atoms. The number of likely N-dealkylation sites (N-methyl/N-ethyl adjacent to an activating group) is 1. The van der Waals surface area contributed by atoms with E-state index in [1.165, 1.54) is 12.1 Å². The second-order valence-corrected chi connectivity index (χ2v) is 3.32. The van der Waals surface area contributed by atoms with Gasteiger partial charge in [-0.25, -0.2) is 4.39 Å². The highest BCUT2D eigenvalue weighted by molar-refractivity contribution is 5.25. The summed E-state index contributed by atoms with van der Waals surface area (Å²) in [5.41, 5.74) is 0. The van der Waals surface area contributed by atoms with Gasteiger partial charge in [0.1, 0.15) is 12.7 Å². The largest absolute Gasteiger partial charge is 0.488 e. The first-order chi connectivity index (χ1) is 7.65. The summed E-state index contributed by atoms with van der Waals surface area (Å²) in [6, 6.07) is 3.68. The molecule has 1 rings (SSSR count). The van der Waals surface area contributed by atoms with E-state index in [4.69, 9.17) is 4.74 Å². The standard InChI is InChI=1S/C11H15F2NO2/c1-2-14-6-8(15)7-16-10-5-3-4-9(12)11(10)13/h3-5,8,14-15H,2,6-7H2,1H3. The molecular weight excluding hydrogens is 216 g/mol. The van der Waals surface area contributed by atoms with Gasteiger partial charge in [0.05, 0.1) is 0 Å². The summed E-state index contributed by atoms with van der Waals surface area (Å²) in [5, 5.41) is 12.3. The molecule has 16 heavy (non-hydrogen) atoms. The Hall–Kier alpha value is -1.20. The zero-order valence-corrected chi connectivity index (χ0v) is 9.04. The maximum atomic E-state index is 13.1. The molecule has 1 aromatic carbocycles. The van der Waals surface area contributed by atoms with E-state index in [0.29, 0.717) is 6.54 Å². The molecule has 2 N–H and O–H groups in total. The van der Waals surface area contributed by atoms with Crippen LogP contribution in [0.25, 0.3) is 0 Å². The molecule has 0 aliphatic carbocycles. The molecule has 0 amide bonds. The lowest BCUT2D eigenvalue weighted by Crippen LogP contribution is -2.31. The SMILES string of the molecule is CCNCC(O)COc1cccc(F)c1F. The van der Waals surface area contributed by atoms with Crippen LogP contribution in [0.15, 0.2) is 18.2 Å². The van der Waals surface area contributed by atoms with E-state index in [1.807, 2.05) is 6.92 Å². The van der Waals surface area contributed by atoms with Gasteiger partial charge in [0, 0.05) is 6.54 Å². The summed E-state index contributed by atoms with van der Waals surface area (Å²) in [6.07, 6.45) is -0.748. The third kappa shape index (κ3) is 3.75. The van der Waals surface area contributed by atoms with Crippen LogP contribution in [0.3, 0.4) is 0 Å². The number of rotatable bonds is 6. The average Bonchev–Trinajstić information content (AvgIpc) is 2.28. The predicted molar refractivity (Wildman–Crippen MR) is 56.4 cm³/mol. The Balaban J connectivity index is 2.45. The quantitative estimate of drug-likeness (QED) is 0.775. The molecule has 90 valence electrons. The number of halogens is 2. The molecule has 1 atom stereocenters. The van der Waals surface area contributed by atoms with E-state index in [1.54, 1.807) is 0 Å². The van der Waals surface area contributed by atoms with Crippen LogP contribution >= 0.6 is 0 Å². The number of aliphatic hydroxyl groups excluding tert-OH is 1. The summed E-state index contributed by atoms with van der Waals surface area (Å²) in [6.45, 7) is 2.91. The Morgan fingerprint density at radius 2 is 2.19 bits per heavy atom. The van der Waals surface area contributed by atoms with Crippen molar-refractivity contribution in [2.24, 2.45) is 0 Å². The number of aliphatic hydroxyl groups is 1. The summed E-state index contributed by atoms with van der Waals surface area (Å²) >= 11 is 0. The van der Waals surface area contributed by atoms with E-state index >= 15 is 0 Å². The van der Waals surface area contributed by atoms with Crippen molar-refractivity contribution in [3.8, 4) is 5.75 Å². The Labute approximate surface area is 93.0 Å². The van der Waals surface area contributed by atoms with Crippen molar-refractivity contribution in [1.29, 1.82) is 0 Å². The lowest BCUT2D eigenvalue weighted by Gasteiger charge is -2.13. The van der Waals surface area contributed by atoms with Gasteiger partial charge in [-0.05, 0) is 18.7 Å². The zero-order valence-electron chi connectivity index (χ0n) is 9.04. The van der Waals surface area contributed by atoms with Crippen molar-refractivity contribution >= 4 is 0 Å². The number of hydrogen-bond donors (Lipinski definition) is 2. The van der Waals surface area contributed by atoms with E-state index in [0.717, 1.165) is 12.6 Å². The van der Waals surface area contributed by atoms with Crippen LogP contribution in [-0.2, 0) is 0 Å². The first-order valence-electron chi connectivity index (χ1n) is 5.10. The summed E-state index contributed by atoms with van der Waals surface area (Å²) in [7, 11) is 0. The first kappa shape index (κ1) is 12.9. The van der Waals surface area contributed by atoms with Crippen LogP contribution in [0.4, 0.5) is 8.78 Å². The van der Waals surface area contributed by atoms with Crippen LogP contribution in [0.5, 0.6) is 5.75 Å². The maximum absolute atomic E-state index is 13.1. The van der Waals surface area contributed by atoms with Gasteiger partial charge in [0.25, 0.3) is 0 Å². The molecule has 1 unspecified atom stereocenters. The predicted octanol–water partition coefficient (Wildman–Crippen LogP) is 1.31. The monoisotopic (exact) mass is 231 g/mol. The van der Waals surface area contributed by atoms with Crippen LogP contribution < -0.4 is 10.1 Å². The summed E-state index contributed by atoms with van der Waals surface area (Å²) in [4.78, 5) is 0. The molecule has 0 heterocycles. The number of ether oxygens (including phenoxy) is 1. The maximum Gasteiger partial charge on any atom is 0.200 e. The van der Waals surface area contributed by atoms with Crippen molar-refractivity contribution in [3.05, 3.63) is 29.8 Å². The molecule has 0 aromatic heterocycles. The van der Waals surface area contributed by atoms with Gasteiger partial charge in [-0.2, -0.15) is 4.39 Å². The second-order valence-electron chi connectivity index (χ2n) is 3.32. The number of benzene rings is 1. The Morgan fingerprint density at radius 1 is 1.44 bits per heavy atom. The summed E-state index contributed by atoms with van der Waals surface area (Å²) in [5.74, 6) is -2.17. The second kappa shape index (κ2) is 6.40. The third-order valence-corrected chi connectivity index (χ3v) is 1.98. The third-order valence-electron chi connectivity index (χ3n) is 1.98. The molecular formula is C11H15F2NO2. The van der Waals surface area contributed by atoms with Crippen molar-refractivity contribution in [2.45, 2.75) is 13.0 Å². The molecule has 0 aliphatic rings. The fraction of sp³-hybridized carbons (Fsp3) is 0.455. The molecule has 0 aliphatic heterocycles. The van der Waals surface area contributed by atoms with E-state index < -0.39 is 17.7 Å². The van der Waals surface area contributed by atoms with E-state index in [9.17, 15) is 13.9 Å². The normalized spacial score (nSPS) is 12.5. The molecule has 1 aromatic rings. The highest BCUT2D eigenvalue weighted by Gasteiger charge is 2.10. The minimum absolute atomic E-state index is 0.0760. The Bertz CT molecular complexity index is 334. The molecule has 3 nitrogen and oxygen atoms in total. The van der Waals surface area contributed by atoms with Gasteiger partial charge >= 0.3 is 0 Å². The first-order valence-corrected chi connectivity index (χ1v) is 5.10.